The third-order valence-electron chi connectivity index (χ3n) is 4.25. The minimum Gasteiger partial charge on any atom is -0.475 e. The summed E-state index contributed by atoms with van der Waals surface area (Å²) in [6.45, 7) is 2.68. The van der Waals surface area contributed by atoms with Crippen LogP contribution in [0, 0.1) is 0 Å². The number of carboxylic acid groups (broad SMARTS) is 1. The smallest absolute Gasteiger partial charge is 0.475 e. The number of carbonyl (C=O) groups is 3. The highest BCUT2D eigenvalue weighted by Gasteiger charge is 2.38. The number of ether oxygens (including phenoxy) is 1. The number of hydrogen-bond donors (Lipinski definition) is 3. The van der Waals surface area contributed by atoms with Gasteiger partial charge in [0.2, 0.25) is 11.8 Å². The molecule has 2 amide bonds. The van der Waals surface area contributed by atoms with Crippen LogP contribution in [0.2, 0.25) is 0 Å². The van der Waals surface area contributed by atoms with Crippen molar-refractivity contribution in [1.82, 2.24) is 4.90 Å². The molecule has 1 heterocycles. The summed E-state index contributed by atoms with van der Waals surface area (Å²) < 4.78 is 37.4. The van der Waals surface area contributed by atoms with E-state index in [0.29, 0.717) is 19.6 Å². The summed E-state index contributed by atoms with van der Waals surface area (Å²) in [7, 11) is 0. The monoisotopic (exact) mass is 419 g/mol. The average Bonchev–Trinajstić information content (AvgIpc) is 3.15. The van der Waals surface area contributed by atoms with Crippen molar-refractivity contribution >= 4 is 17.8 Å². The standard InChI is InChI=1S/C16H23N3O3.C2HF3O2/c1-11(22-10-12-6-3-2-4-7-12)14(17)16(21)19-9-5-8-13(19)15(18)20;3-2(4,5)1(6)7/h2-4,6-7,11,13-14H,5,8-10,17H2,1H3,(H2,18,20);(H,6,7)/t11-,13+,14+;/m1./s1. The number of nitrogens with two attached hydrogens (primary N) is 2. The second kappa shape index (κ2) is 10.8. The number of nitrogens with zero attached hydrogens (tertiary/aromatic N) is 1. The fourth-order valence-electron chi connectivity index (χ4n) is 2.62. The average molecular weight is 419 g/mol. The maximum absolute atomic E-state index is 12.4. The molecule has 11 heteroatoms. The molecule has 29 heavy (non-hydrogen) atoms. The van der Waals surface area contributed by atoms with Crippen LogP contribution in [0.3, 0.4) is 0 Å². The topological polar surface area (TPSA) is 136 Å². The molecule has 0 bridgehead atoms. The minimum absolute atomic E-state index is 0.276. The summed E-state index contributed by atoms with van der Waals surface area (Å²) in [6.07, 6.45) is -4.15. The molecule has 0 unspecified atom stereocenters. The van der Waals surface area contributed by atoms with Crippen LogP contribution < -0.4 is 11.5 Å². The van der Waals surface area contributed by atoms with E-state index in [0.717, 1.165) is 12.0 Å². The first-order valence-electron chi connectivity index (χ1n) is 8.76. The van der Waals surface area contributed by atoms with Gasteiger partial charge in [-0.2, -0.15) is 13.2 Å². The molecule has 5 N–H and O–H groups in total. The van der Waals surface area contributed by atoms with Crippen molar-refractivity contribution in [3.63, 3.8) is 0 Å². The van der Waals surface area contributed by atoms with E-state index in [4.69, 9.17) is 26.1 Å². The largest absolute Gasteiger partial charge is 0.490 e. The van der Waals surface area contributed by atoms with Crippen LogP contribution in [-0.4, -0.2) is 58.7 Å². The summed E-state index contributed by atoms with van der Waals surface area (Å²) in [5, 5.41) is 7.12. The maximum atomic E-state index is 12.4. The highest BCUT2D eigenvalue weighted by molar-refractivity contribution is 5.89. The molecular formula is C18H24F3N3O5. The number of aliphatic carboxylic acids is 1. The van der Waals surface area contributed by atoms with Crippen LogP contribution in [0.25, 0.3) is 0 Å². The zero-order chi connectivity index (χ0) is 22.2. The third-order valence-corrected chi connectivity index (χ3v) is 4.25. The number of likely N-dealkylation sites (tertiary alicyclic amines) is 1. The molecule has 1 aliphatic heterocycles. The van der Waals surface area contributed by atoms with E-state index in [1.807, 2.05) is 30.3 Å². The van der Waals surface area contributed by atoms with E-state index in [2.05, 4.69) is 0 Å². The Morgan fingerprint density at radius 3 is 2.31 bits per heavy atom. The van der Waals surface area contributed by atoms with Crippen molar-refractivity contribution in [3.05, 3.63) is 35.9 Å². The van der Waals surface area contributed by atoms with E-state index < -0.39 is 36.2 Å². The van der Waals surface area contributed by atoms with Gasteiger partial charge >= 0.3 is 12.1 Å². The number of rotatable bonds is 6. The Hall–Kier alpha value is -2.66. The Balaban J connectivity index is 0.000000516. The lowest BCUT2D eigenvalue weighted by atomic mass is 10.1. The van der Waals surface area contributed by atoms with E-state index in [9.17, 15) is 22.8 Å². The van der Waals surface area contributed by atoms with Gasteiger partial charge in [-0.25, -0.2) is 4.79 Å². The second-order valence-corrected chi connectivity index (χ2v) is 6.42. The molecule has 162 valence electrons. The van der Waals surface area contributed by atoms with Gasteiger partial charge in [0.05, 0.1) is 12.7 Å². The first-order valence-corrected chi connectivity index (χ1v) is 8.76. The van der Waals surface area contributed by atoms with Crippen molar-refractivity contribution in [2.24, 2.45) is 11.5 Å². The number of alkyl halides is 3. The van der Waals surface area contributed by atoms with Crippen LogP contribution in [0.15, 0.2) is 30.3 Å². The van der Waals surface area contributed by atoms with Gasteiger partial charge in [0, 0.05) is 6.54 Å². The van der Waals surface area contributed by atoms with Gasteiger partial charge in [0.1, 0.15) is 12.1 Å². The molecule has 3 atom stereocenters. The Kier molecular flexibility index (Phi) is 9.05. The highest BCUT2D eigenvalue weighted by atomic mass is 19.4. The molecule has 2 rings (SSSR count). The molecule has 0 radical (unpaired) electrons. The number of halogens is 3. The number of carbonyl (C=O) groups excluding carboxylic acids is 2. The Morgan fingerprint density at radius 2 is 1.83 bits per heavy atom. The van der Waals surface area contributed by atoms with Gasteiger partial charge in [-0.05, 0) is 25.3 Å². The number of carboxylic acids is 1. The van der Waals surface area contributed by atoms with Crippen molar-refractivity contribution in [1.29, 1.82) is 0 Å². The van der Waals surface area contributed by atoms with Gasteiger partial charge in [-0.1, -0.05) is 30.3 Å². The van der Waals surface area contributed by atoms with Gasteiger partial charge in [0.15, 0.2) is 0 Å². The lowest BCUT2D eigenvalue weighted by Crippen LogP contribution is -2.53. The lowest BCUT2D eigenvalue weighted by Gasteiger charge is -2.28. The molecule has 8 nitrogen and oxygen atoms in total. The van der Waals surface area contributed by atoms with Crippen LogP contribution in [0.5, 0.6) is 0 Å². The fraction of sp³-hybridized carbons (Fsp3) is 0.500. The number of hydrogen-bond acceptors (Lipinski definition) is 5. The second-order valence-electron chi connectivity index (χ2n) is 6.42. The zero-order valence-corrected chi connectivity index (χ0v) is 15.8. The summed E-state index contributed by atoms with van der Waals surface area (Å²) in [6, 6.07) is 8.34. The Morgan fingerprint density at radius 1 is 1.28 bits per heavy atom. The van der Waals surface area contributed by atoms with Crippen molar-refractivity contribution in [3.8, 4) is 0 Å². The molecule has 1 aliphatic rings. The molecule has 1 aromatic carbocycles. The summed E-state index contributed by atoms with van der Waals surface area (Å²) >= 11 is 0. The molecule has 0 spiro atoms. The predicted molar refractivity (Wildman–Crippen MR) is 96.3 cm³/mol. The first-order chi connectivity index (χ1) is 13.4. The third kappa shape index (κ3) is 7.70. The fourth-order valence-corrected chi connectivity index (χ4v) is 2.62. The molecule has 1 saturated heterocycles. The quantitative estimate of drug-likeness (QED) is 0.630. The van der Waals surface area contributed by atoms with Crippen molar-refractivity contribution in [2.75, 3.05) is 6.54 Å². The first kappa shape index (κ1) is 24.4. The number of amides is 2. The van der Waals surface area contributed by atoms with Gasteiger partial charge in [-0.15, -0.1) is 0 Å². The molecule has 0 saturated carbocycles. The summed E-state index contributed by atoms with van der Waals surface area (Å²) in [5.41, 5.74) is 12.3. The SMILES string of the molecule is C[C@@H](OCc1ccccc1)[C@H](N)C(=O)N1CCC[C@H]1C(N)=O.O=C(O)C(F)(F)F. The van der Waals surface area contributed by atoms with Crippen molar-refractivity contribution in [2.45, 2.75) is 50.7 Å². The summed E-state index contributed by atoms with van der Waals surface area (Å²) in [5.74, 6) is -3.51. The minimum atomic E-state index is -5.08. The van der Waals surface area contributed by atoms with Crippen LogP contribution in [0.1, 0.15) is 25.3 Å². The van der Waals surface area contributed by atoms with Gasteiger partial charge in [0.25, 0.3) is 0 Å². The lowest BCUT2D eigenvalue weighted by molar-refractivity contribution is -0.192. The Bertz CT molecular complexity index is 700. The molecule has 0 aromatic heterocycles. The molecule has 0 aliphatic carbocycles. The highest BCUT2D eigenvalue weighted by Crippen LogP contribution is 2.19. The van der Waals surface area contributed by atoms with E-state index in [-0.39, 0.29) is 5.91 Å². The Labute approximate surface area is 165 Å². The molecule has 1 aromatic rings. The number of benzene rings is 1. The molecule has 1 fully saturated rings. The normalized spacial score (nSPS) is 18.4. The summed E-state index contributed by atoms with van der Waals surface area (Å²) in [4.78, 5) is 34.2. The number of primary amides is 1. The van der Waals surface area contributed by atoms with E-state index >= 15 is 0 Å². The van der Waals surface area contributed by atoms with Crippen LogP contribution in [-0.2, 0) is 25.7 Å². The maximum Gasteiger partial charge on any atom is 0.490 e. The molecular weight excluding hydrogens is 395 g/mol. The predicted octanol–water partition coefficient (Wildman–Crippen LogP) is 1.03. The van der Waals surface area contributed by atoms with E-state index in [1.54, 1.807) is 6.92 Å². The zero-order valence-electron chi connectivity index (χ0n) is 15.8. The van der Waals surface area contributed by atoms with E-state index in [1.165, 1.54) is 4.90 Å². The van der Waals surface area contributed by atoms with Crippen LogP contribution in [0.4, 0.5) is 13.2 Å². The van der Waals surface area contributed by atoms with Gasteiger partial charge in [-0.3, -0.25) is 9.59 Å². The van der Waals surface area contributed by atoms with Crippen LogP contribution >= 0.6 is 0 Å². The van der Waals surface area contributed by atoms with Gasteiger partial charge < -0.3 is 26.2 Å². The van der Waals surface area contributed by atoms with Crippen molar-refractivity contribution < 1.29 is 37.4 Å².